The number of thiazole rings is 1. The van der Waals surface area contributed by atoms with Gasteiger partial charge < -0.3 is 5.32 Å². The molecular formula is C17H15ClN2OS2. The summed E-state index contributed by atoms with van der Waals surface area (Å²) in [6.45, 7) is 2.62. The average molecular weight is 363 g/mol. The highest BCUT2D eigenvalue weighted by Gasteiger charge is 2.11. The van der Waals surface area contributed by atoms with Crippen LogP contribution >= 0.6 is 34.3 Å². The van der Waals surface area contributed by atoms with Crippen molar-refractivity contribution in [1.82, 2.24) is 10.3 Å². The van der Waals surface area contributed by atoms with Crippen molar-refractivity contribution in [2.75, 3.05) is 6.54 Å². The first-order chi connectivity index (χ1) is 11.1. The van der Waals surface area contributed by atoms with Gasteiger partial charge in [-0.25, -0.2) is 4.98 Å². The van der Waals surface area contributed by atoms with Gasteiger partial charge in [-0.2, -0.15) is 0 Å². The van der Waals surface area contributed by atoms with E-state index in [1.807, 2.05) is 48.7 Å². The van der Waals surface area contributed by atoms with Gasteiger partial charge in [0.05, 0.1) is 10.6 Å². The minimum Gasteiger partial charge on any atom is -0.351 e. The second-order valence-corrected chi connectivity index (χ2v) is 7.49. The number of carbonyl (C=O) groups excluding carboxylic acids is 1. The maximum Gasteiger partial charge on any atom is 0.261 e. The lowest BCUT2D eigenvalue weighted by molar-refractivity contribution is 0.0958. The molecule has 23 heavy (non-hydrogen) atoms. The molecule has 3 rings (SSSR count). The Balaban J connectivity index is 1.62. The first-order valence-corrected chi connectivity index (χ1v) is 9.25. The maximum atomic E-state index is 11.9. The highest BCUT2D eigenvalue weighted by molar-refractivity contribution is 7.15. The van der Waals surface area contributed by atoms with Crippen LogP contribution in [0.3, 0.4) is 0 Å². The third-order valence-corrected chi connectivity index (χ3v) is 5.75. The van der Waals surface area contributed by atoms with Crippen LogP contribution in [-0.4, -0.2) is 17.4 Å². The van der Waals surface area contributed by atoms with Gasteiger partial charge in [-0.1, -0.05) is 29.8 Å². The summed E-state index contributed by atoms with van der Waals surface area (Å²) >= 11 is 9.03. The highest BCUT2D eigenvalue weighted by Crippen LogP contribution is 2.29. The maximum absolute atomic E-state index is 11.9. The normalized spacial score (nSPS) is 10.7. The molecule has 0 saturated carbocycles. The van der Waals surface area contributed by atoms with Crippen molar-refractivity contribution < 1.29 is 4.79 Å². The second kappa shape index (κ2) is 7.25. The minimum absolute atomic E-state index is 0.0138. The molecule has 6 heteroatoms. The van der Waals surface area contributed by atoms with Crippen molar-refractivity contribution in [1.29, 1.82) is 0 Å². The van der Waals surface area contributed by atoms with E-state index in [1.54, 1.807) is 11.3 Å². The molecule has 1 aromatic carbocycles. The lowest BCUT2D eigenvalue weighted by Gasteiger charge is -2.02. The summed E-state index contributed by atoms with van der Waals surface area (Å²) in [4.78, 5) is 18.5. The third-order valence-electron chi connectivity index (χ3n) is 3.37. The number of benzene rings is 1. The molecule has 0 unspecified atom stereocenters. The lowest BCUT2D eigenvalue weighted by Crippen LogP contribution is -2.24. The third kappa shape index (κ3) is 3.99. The number of aryl methyl sites for hydroxylation is 1. The van der Waals surface area contributed by atoms with Gasteiger partial charge in [0.1, 0.15) is 5.01 Å². The number of hydrogen-bond acceptors (Lipinski definition) is 4. The molecular weight excluding hydrogens is 348 g/mol. The fraction of sp³-hybridized carbons (Fsp3) is 0.176. The number of rotatable bonds is 5. The Labute approximate surface area is 148 Å². The van der Waals surface area contributed by atoms with Crippen molar-refractivity contribution in [3.05, 3.63) is 62.2 Å². The van der Waals surface area contributed by atoms with Crippen molar-refractivity contribution in [3.63, 3.8) is 0 Å². The molecule has 0 fully saturated rings. The number of amides is 1. The van der Waals surface area contributed by atoms with Crippen LogP contribution in [0.4, 0.5) is 0 Å². The first kappa shape index (κ1) is 16.2. The molecule has 0 aliphatic rings. The van der Waals surface area contributed by atoms with Gasteiger partial charge >= 0.3 is 0 Å². The number of hydrogen-bond donors (Lipinski definition) is 1. The largest absolute Gasteiger partial charge is 0.351 e. The molecule has 1 N–H and O–H groups in total. The summed E-state index contributed by atoms with van der Waals surface area (Å²) < 4.78 is 0. The highest BCUT2D eigenvalue weighted by atomic mass is 35.5. The quantitative estimate of drug-likeness (QED) is 0.707. The molecule has 3 aromatic rings. The van der Waals surface area contributed by atoms with Gasteiger partial charge in [0.25, 0.3) is 5.91 Å². The summed E-state index contributed by atoms with van der Waals surface area (Å²) in [7, 11) is 0. The fourth-order valence-corrected chi connectivity index (χ4v) is 3.99. The van der Waals surface area contributed by atoms with E-state index in [1.165, 1.54) is 16.2 Å². The number of nitrogens with one attached hydrogen (secondary N) is 1. The van der Waals surface area contributed by atoms with Gasteiger partial charge in [0.15, 0.2) is 0 Å². The SMILES string of the molecule is Cc1nc(-c2ccc(Cl)cc2)sc1CCNC(=O)c1cccs1. The van der Waals surface area contributed by atoms with E-state index in [0.717, 1.165) is 32.6 Å². The molecule has 0 aliphatic carbocycles. The average Bonchev–Trinajstić information content (AvgIpc) is 3.18. The van der Waals surface area contributed by atoms with Crippen LogP contribution in [-0.2, 0) is 6.42 Å². The van der Waals surface area contributed by atoms with E-state index in [9.17, 15) is 4.79 Å². The number of thiophene rings is 1. The van der Waals surface area contributed by atoms with Gasteiger partial charge in [-0.05, 0) is 30.5 Å². The predicted octanol–water partition coefficient (Wildman–Crippen LogP) is 4.81. The summed E-state index contributed by atoms with van der Waals surface area (Å²) in [5.41, 5.74) is 2.08. The molecule has 0 spiro atoms. The Morgan fingerprint density at radius 2 is 2.04 bits per heavy atom. The van der Waals surface area contributed by atoms with Crippen LogP contribution in [0.15, 0.2) is 41.8 Å². The van der Waals surface area contributed by atoms with Crippen LogP contribution < -0.4 is 5.32 Å². The number of aromatic nitrogens is 1. The van der Waals surface area contributed by atoms with Crippen molar-refractivity contribution in [2.24, 2.45) is 0 Å². The van der Waals surface area contributed by atoms with Gasteiger partial charge in [-0.15, -0.1) is 22.7 Å². The monoisotopic (exact) mass is 362 g/mol. The van der Waals surface area contributed by atoms with Crippen LogP contribution in [0.2, 0.25) is 5.02 Å². The van der Waals surface area contributed by atoms with Gasteiger partial charge in [0.2, 0.25) is 0 Å². The molecule has 0 atom stereocenters. The van der Waals surface area contributed by atoms with Crippen LogP contribution in [0.5, 0.6) is 0 Å². The molecule has 2 heterocycles. The summed E-state index contributed by atoms with van der Waals surface area (Å²) in [6, 6.07) is 11.4. The molecule has 1 amide bonds. The van der Waals surface area contributed by atoms with Crippen molar-refractivity contribution >= 4 is 40.2 Å². The van der Waals surface area contributed by atoms with Gasteiger partial charge in [0, 0.05) is 28.4 Å². The Kier molecular flexibility index (Phi) is 5.10. The zero-order chi connectivity index (χ0) is 16.2. The summed E-state index contributed by atoms with van der Waals surface area (Å²) in [5.74, 6) is -0.0138. The van der Waals surface area contributed by atoms with Gasteiger partial charge in [-0.3, -0.25) is 4.79 Å². The standard InChI is InChI=1S/C17H15ClN2OS2/c1-11-14(8-9-19-16(21)15-3-2-10-22-15)23-17(20-11)12-4-6-13(18)7-5-12/h2-7,10H,8-9H2,1H3,(H,19,21). The Bertz CT molecular complexity index is 795. The molecule has 0 saturated heterocycles. The van der Waals surface area contributed by atoms with E-state index < -0.39 is 0 Å². The van der Waals surface area contributed by atoms with E-state index in [-0.39, 0.29) is 5.91 Å². The molecule has 0 bridgehead atoms. The minimum atomic E-state index is -0.0138. The van der Waals surface area contributed by atoms with Crippen molar-refractivity contribution in [3.8, 4) is 10.6 Å². The Morgan fingerprint density at radius 1 is 1.26 bits per heavy atom. The van der Waals surface area contributed by atoms with E-state index in [4.69, 9.17) is 11.6 Å². The van der Waals surface area contributed by atoms with Crippen LogP contribution in [0, 0.1) is 6.92 Å². The zero-order valence-electron chi connectivity index (χ0n) is 12.5. The number of carbonyl (C=O) groups is 1. The first-order valence-electron chi connectivity index (χ1n) is 7.17. The number of nitrogens with zero attached hydrogens (tertiary/aromatic N) is 1. The predicted molar refractivity (Wildman–Crippen MR) is 97.7 cm³/mol. The van der Waals surface area contributed by atoms with E-state index >= 15 is 0 Å². The molecule has 0 radical (unpaired) electrons. The second-order valence-electron chi connectivity index (χ2n) is 5.02. The molecule has 118 valence electrons. The smallest absolute Gasteiger partial charge is 0.261 e. The van der Waals surface area contributed by atoms with Crippen LogP contribution in [0.1, 0.15) is 20.2 Å². The Hall–Kier alpha value is -1.69. The lowest BCUT2D eigenvalue weighted by atomic mass is 10.2. The fourth-order valence-electron chi connectivity index (χ4n) is 2.16. The van der Waals surface area contributed by atoms with Crippen molar-refractivity contribution in [2.45, 2.75) is 13.3 Å². The molecule has 0 aliphatic heterocycles. The molecule has 2 aromatic heterocycles. The Morgan fingerprint density at radius 3 is 2.74 bits per heavy atom. The summed E-state index contributed by atoms with van der Waals surface area (Å²) in [5, 5.41) is 6.56. The zero-order valence-corrected chi connectivity index (χ0v) is 14.9. The number of halogens is 1. The molecule has 3 nitrogen and oxygen atoms in total. The van der Waals surface area contributed by atoms with E-state index in [2.05, 4.69) is 10.3 Å². The van der Waals surface area contributed by atoms with E-state index in [0.29, 0.717) is 6.54 Å². The summed E-state index contributed by atoms with van der Waals surface area (Å²) in [6.07, 6.45) is 0.786. The topological polar surface area (TPSA) is 42.0 Å². The van der Waals surface area contributed by atoms with Crippen LogP contribution in [0.25, 0.3) is 10.6 Å².